The van der Waals surface area contributed by atoms with Gasteiger partial charge in [0.25, 0.3) is 0 Å². The van der Waals surface area contributed by atoms with Crippen molar-refractivity contribution in [2.24, 2.45) is 0 Å². The molecule has 0 bridgehead atoms. The summed E-state index contributed by atoms with van der Waals surface area (Å²) < 4.78 is 0. The minimum Gasteiger partial charge on any atom is -0.748 e. The van der Waals surface area contributed by atoms with Gasteiger partial charge in [-0.05, 0) is 0 Å². The van der Waals surface area contributed by atoms with Crippen molar-refractivity contribution in [1.82, 2.24) is 0 Å². The van der Waals surface area contributed by atoms with Crippen LogP contribution in [0.1, 0.15) is 11.1 Å². The van der Waals surface area contributed by atoms with Gasteiger partial charge in [0.05, 0.1) is 0 Å². The number of aryl methyl sites for hydroxylation is 1. The maximum atomic E-state index is 3.34. The van der Waals surface area contributed by atoms with Crippen molar-refractivity contribution < 1.29 is 17.1 Å². The van der Waals surface area contributed by atoms with E-state index in [4.69, 9.17) is 0 Å². The first-order valence-corrected chi connectivity index (χ1v) is 5.40. The van der Waals surface area contributed by atoms with E-state index in [0.717, 1.165) is 5.33 Å². The predicted octanol–water partition coefficient (Wildman–Crippen LogP) is 4.01. The number of halogens is 1. The molecule has 0 amide bonds. The summed E-state index contributed by atoms with van der Waals surface area (Å²) >= 11 is 3.34. The van der Waals surface area contributed by atoms with Crippen LogP contribution < -0.4 is 0 Å². The summed E-state index contributed by atoms with van der Waals surface area (Å²) in [6, 6.07) is 16.5. The van der Waals surface area contributed by atoms with Gasteiger partial charge in [0.1, 0.15) is 0 Å². The fourth-order valence-corrected chi connectivity index (χ4v) is 1.35. The zero-order chi connectivity index (χ0) is 9.52. The molecule has 0 saturated carbocycles. The summed E-state index contributed by atoms with van der Waals surface area (Å²) in [5.74, 6) is 0. The topological polar surface area (TPSA) is 0 Å². The monoisotopic (exact) mass is 292 g/mol. The maximum absolute atomic E-state index is 3.34. The molecule has 2 aromatic carbocycles. The molecule has 0 aliphatic rings. The van der Waals surface area contributed by atoms with Gasteiger partial charge in [0.2, 0.25) is 0 Å². The third-order valence-corrected chi connectivity index (χ3v) is 2.36. The van der Waals surface area contributed by atoms with Gasteiger partial charge in [-0.3, -0.25) is 0 Å². The van der Waals surface area contributed by atoms with Gasteiger partial charge in [-0.15, -0.1) is 15.9 Å². The molecule has 0 unspecified atom stereocenters. The van der Waals surface area contributed by atoms with Crippen molar-refractivity contribution in [3.8, 4) is 0 Å². The van der Waals surface area contributed by atoms with Crippen molar-refractivity contribution in [3.05, 3.63) is 59.7 Å². The van der Waals surface area contributed by atoms with Crippen LogP contribution in [0, 0.1) is 6.92 Å². The first-order valence-electron chi connectivity index (χ1n) is 4.28. The van der Waals surface area contributed by atoms with Crippen LogP contribution >= 0.6 is 15.9 Å². The van der Waals surface area contributed by atoms with Crippen LogP contribution in [-0.2, 0) is 22.4 Å². The summed E-state index contributed by atoms with van der Waals surface area (Å²) in [5, 5.41) is 0.972. The molecule has 0 aromatic heterocycles. The van der Waals surface area contributed by atoms with E-state index in [-0.39, 0.29) is 17.1 Å². The molecular weight excluding hydrogens is 280 g/mol. The second kappa shape index (κ2) is 8.04. The Morgan fingerprint density at radius 2 is 1.64 bits per heavy atom. The Hall–Kier alpha value is -0.301. The Balaban J connectivity index is 0.000000227. The molecule has 0 saturated heterocycles. The summed E-state index contributed by atoms with van der Waals surface area (Å²) in [6.07, 6.45) is 0. The molecule has 0 nitrogen and oxygen atoms in total. The molecule has 0 aliphatic heterocycles. The van der Waals surface area contributed by atoms with Crippen molar-refractivity contribution in [2.75, 3.05) is 0 Å². The summed E-state index contributed by atoms with van der Waals surface area (Å²) in [7, 11) is 0. The third kappa shape index (κ3) is 5.43. The molecule has 0 atom stereocenters. The third-order valence-electron chi connectivity index (χ3n) is 1.72. The first kappa shape index (κ1) is 13.7. The average Bonchev–Trinajstić information content (AvgIpc) is 2.76. The molecule has 0 spiro atoms. The van der Waals surface area contributed by atoms with Crippen LogP contribution in [0.25, 0.3) is 0 Å². The molecule has 0 heterocycles. The Morgan fingerprint density at radius 3 is 1.86 bits per heavy atom. The van der Waals surface area contributed by atoms with Crippen LogP contribution in [0.2, 0.25) is 0 Å². The minimum absolute atomic E-state index is 0. The first-order chi connectivity index (χ1) is 6.33. The van der Waals surface area contributed by atoms with E-state index in [0.29, 0.717) is 0 Å². The second-order valence-corrected chi connectivity index (χ2v) is 3.45. The molecule has 0 N–H and O–H groups in total. The Morgan fingerprint density at radius 1 is 1.14 bits per heavy atom. The molecule has 0 fully saturated rings. The molecular formula is C12H13BrFe-6. The van der Waals surface area contributed by atoms with Crippen LogP contribution in [0.3, 0.4) is 0 Å². The molecule has 2 heteroatoms. The van der Waals surface area contributed by atoms with Crippen molar-refractivity contribution in [2.45, 2.75) is 12.3 Å². The van der Waals surface area contributed by atoms with Crippen LogP contribution in [-0.4, -0.2) is 0 Å². The SMILES string of the molecule is BrC[c-]1[cH-][cH-][cH-][cH-]1.C[c-]1cccc1.[Fe]. The van der Waals surface area contributed by atoms with E-state index in [1.165, 1.54) is 11.1 Å². The van der Waals surface area contributed by atoms with E-state index in [2.05, 4.69) is 47.1 Å². The second-order valence-electron chi connectivity index (χ2n) is 2.89. The summed E-state index contributed by atoms with van der Waals surface area (Å²) in [5.41, 5.74) is 2.69. The van der Waals surface area contributed by atoms with Crippen LogP contribution in [0.4, 0.5) is 0 Å². The number of rotatable bonds is 1. The van der Waals surface area contributed by atoms with Gasteiger partial charge >= 0.3 is 0 Å². The smallest absolute Gasteiger partial charge is 0 e. The van der Waals surface area contributed by atoms with Gasteiger partial charge in [0, 0.05) is 17.1 Å². The fraction of sp³-hybridized carbons (Fsp3) is 0.167. The average molecular weight is 293 g/mol. The van der Waals surface area contributed by atoms with Crippen molar-refractivity contribution in [1.29, 1.82) is 0 Å². The molecule has 82 valence electrons. The van der Waals surface area contributed by atoms with E-state index < -0.39 is 0 Å². The van der Waals surface area contributed by atoms with Gasteiger partial charge < -0.3 is 29.8 Å². The number of hydrogen-bond acceptors (Lipinski definition) is 0. The van der Waals surface area contributed by atoms with Crippen LogP contribution in [0.5, 0.6) is 0 Å². The van der Waals surface area contributed by atoms with Gasteiger partial charge in [0.15, 0.2) is 0 Å². The Labute approximate surface area is 105 Å². The Bertz CT molecular complexity index is 295. The zero-order valence-corrected chi connectivity index (χ0v) is 10.7. The fourth-order valence-electron chi connectivity index (χ4n) is 0.973. The molecule has 14 heavy (non-hydrogen) atoms. The van der Waals surface area contributed by atoms with E-state index >= 15 is 0 Å². The molecule has 2 rings (SSSR count). The van der Waals surface area contributed by atoms with Crippen molar-refractivity contribution in [3.63, 3.8) is 0 Å². The van der Waals surface area contributed by atoms with E-state index in [1.54, 1.807) is 0 Å². The largest absolute Gasteiger partial charge is 0.748 e. The minimum atomic E-state index is 0. The van der Waals surface area contributed by atoms with Gasteiger partial charge in [-0.2, -0.15) is 23.0 Å². The maximum Gasteiger partial charge on any atom is 0 e. The number of hydrogen-bond donors (Lipinski definition) is 0. The molecule has 0 aliphatic carbocycles. The quantitative estimate of drug-likeness (QED) is 0.423. The summed E-state index contributed by atoms with van der Waals surface area (Å²) in [4.78, 5) is 0. The van der Waals surface area contributed by atoms with Gasteiger partial charge in [-0.25, -0.2) is 12.1 Å². The molecule has 0 radical (unpaired) electrons. The van der Waals surface area contributed by atoms with Gasteiger partial charge in [-0.1, -0.05) is 6.92 Å². The number of alkyl halides is 1. The molecule has 2 aromatic rings. The normalized spacial score (nSPS) is 8.43. The van der Waals surface area contributed by atoms with E-state index in [1.807, 2.05) is 24.3 Å². The Kier molecular flexibility index (Phi) is 7.87. The van der Waals surface area contributed by atoms with E-state index in [9.17, 15) is 0 Å². The summed E-state index contributed by atoms with van der Waals surface area (Å²) in [6.45, 7) is 2.08. The van der Waals surface area contributed by atoms with Crippen molar-refractivity contribution >= 4 is 15.9 Å². The zero-order valence-electron chi connectivity index (χ0n) is 8.06. The predicted molar refractivity (Wildman–Crippen MR) is 61.4 cm³/mol. The standard InChI is InChI=1S/C6H6Br.C6H7.Fe/c7-5-6-3-1-2-4-6;1-6-4-2-3-5-6;/h1-4H,5H2;2-5H,1H3;/q-5;-1;. The van der Waals surface area contributed by atoms with Crippen LogP contribution in [0.15, 0.2) is 48.5 Å².